The molecule has 1 N–H and O–H groups in total. The van der Waals surface area contributed by atoms with E-state index < -0.39 is 23.3 Å². The van der Waals surface area contributed by atoms with E-state index >= 15 is 0 Å². The minimum absolute atomic E-state index is 0.0848. The van der Waals surface area contributed by atoms with E-state index in [9.17, 15) is 18.4 Å². The monoisotopic (exact) mass is 379 g/mol. The van der Waals surface area contributed by atoms with Gasteiger partial charge < -0.3 is 10.1 Å². The van der Waals surface area contributed by atoms with Crippen molar-refractivity contribution in [3.8, 4) is 5.82 Å². The van der Waals surface area contributed by atoms with Gasteiger partial charge in [0.15, 0.2) is 11.5 Å². The van der Waals surface area contributed by atoms with Crippen molar-refractivity contribution in [2.24, 2.45) is 0 Å². The summed E-state index contributed by atoms with van der Waals surface area (Å²) in [5.74, 6) is -4.47. The maximum absolute atomic E-state index is 14.6. The number of amides is 1. The summed E-state index contributed by atoms with van der Waals surface area (Å²) in [5.41, 5.74) is -1.72. The summed E-state index contributed by atoms with van der Waals surface area (Å²) in [6.07, 6.45) is 4.19. The van der Waals surface area contributed by atoms with E-state index in [1.807, 2.05) is 0 Å². The molecule has 8 nitrogen and oxygen atoms in total. The van der Waals surface area contributed by atoms with Gasteiger partial charge in [-0.25, -0.2) is 14.5 Å². The van der Waals surface area contributed by atoms with E-state index in [1.165, 1.54) is 39.5 Å². The van der Waals surface area contributed by atoms with Crippen molar-refractivity contribution in [1.29, 1.82) is 0 Å². The number of aromatic nitrogens is 4. The molecule has 0 aromatic carbocycles. The number of nitrogens with one attached hydrogen (secondary N) is 1. The molecule has 1 amide bonds. The molecular formula is C17H19F2N5O3. The molecule has 27 heavy (non-hydrogen) atoms. The number of nitrogens with zero attached hydrogens (tertiary/aromatic N) is 4. The zero-order chi connectivity index (χ0) is 19.8. The Morgan fingerprint density at radius 1 is 1.33 bits per heavy atom. The highest BCUT2D eigenvalue weighted by molar-refractivity contribution is 5.98. The molecular weight excluding hydrogens is 360 g/mol. The zero-order valence-electron chi connectivity index (χ0n) is 15.1. The SMILES string of the molecule is COC(=O)C(C)(C)NC(=O)c1nn(-c2cnccn2)c2c1CCCC2(F)F. The predicted octanol–water partition coefficient (Wildman–Crippen LogP) is 1.77. The lowest BCUT2D eigenvalue weighted by molar-refractivity contribution is -0.146. The van der Waals surface area contributed by atoms with Gasteiger partial charge in [-0.15, -0.1) is 0 Å². The highest BCUT2D eigenvalue weighted by atomic mass is 19.3. The summed E-state index contributed by atoms with van der Waals surface area (Å²) >= 11 is 0. The minimum atomic E-state index is -3.16. The first kappa shape index (κ1) is 18.9. The molecule has 1 aliphatic carbocycles. The number of halogens is 2. The van der Waals surface area contributed by atoms with Crippen LogP contribution in [0, 0.1) is 0 Å². The van der Waals surface area contributed by atoms with Crippen LogP contribution < -0.4 is 5.32 Å². The van der Waals surface area contributed by atoms with Crippen molar-refractivity contribution in [1.82, 2.24) is 25.1 Å². The number of rotatable bonds is 4. The fourth-order valence-corrected chi connectivity index (χ4v) is 3.07. The Morgan fingerprint density at radius 2 is 2.07 bits per heavy atom. The molecule has 0 spiro atoms. The fraction of sp³-hybridized carbons (Fsp3) is 0.471. The lowest BCUT2D eigenvalue weighted by atomic mass is 9.92. The molecule has 0 saturated heterocycles. The van der Waals surface area contributed by atoms with Crippen LogP contribution in [0.1, 0.15) is 48.4 Å². The third-order valence-electron chi connectivity index (χ3n) is 4.35. The molecule has 0 fully saturated rings. The second-order valence-corrected chi connectivity index (χ2v) is 6.78. The van der Waals surface area contributed by atoms with Crippen LogP contribution in [0.5, 0.6) is 0 Å². The molecule has 144 valence electrons. The Bertz CT molecular complexity index is 880. The van der Waals surface area contributed by atoms with Gasteiger partial charge in [0.2, 0.25) is 0 Å². The quantitative estimate of drug-likeness (QED) is 0.813. The Balaban J connectivity index is 2.09. The van der Waals surface area contributed by atoms with Gasteiger partial charge >= 0.3 is 5.97 Å². The van der Waals surface area contributed by atoms with E-state index in [4.69, 9.17) is 0 Å². The zero-order valence-corrected chi connectivity index (χ0v) is 15.1. The Morgan fingerprint density at radius 3 is 2.70 bits per heavy atom. The third-order valence-corrected chi connectivity index (χ3v) is 4.35. The van der Waals surface area contributed by atoms with Crippen LogP contribution in [0.4, 0.5) is 8.78 Å². The number of carbonyl (C=O) groups excluding carboxylic acids is 2. The third kappa shape index (κ3) is 3.38. The van der Waals surface area contributed by atoms with Crippen LogP contribution in [-0.4, -0.2) is 44.3 Å². The smallest absolute Gasteiger partial charge is 0.330 e. The molecule has 2 aromatic rings. The van der Waals surface area contributed by atoms with Gasteiger partial charge in [-0.3, -0.25) is 9.78 Å². The highest BCUT2D eigenvalue weighted by Gasteiger charge is 2.44. The molecule has 3 rings (SSSR count). The van der Waals surface area contributed by atoms with E-state index in [0.29, 0.717) is 0 Å². The average molecular weight is 379 g/mol. The number of hydrogen-bond donors (Lipinski definition) is 1. The Kier molecular flexibility index (Phi) is 4.66. The van der Waals surface area contributed by atoms with E-state index in [2.05, 4.69) is 25.1 Å². The van der Waals surface area contributed by atoms with Crippen LogP contribution in [0.25, 0.3) is 5.82 Å². The van der Waals surface area contributed by atoms with Crippen molar-refractivity contribution in [2.75, 3.05) is 7.11 Å². The normalized spacial score (nSPS) is 15.7. The molecule has 10 heteroatoms. The predicted molar refractivity (Wildman–Crippen MR) is 89.5 cm³/mol. The molecule has 0 saturated carbocycles. The highest BCUT2D eigenvalue weighted by Crippen LogP contribution is 2.42. The summed E-state index contributed by atoms with van der Waals surface area (Å²) in [4.78, 5) is 32.4. The first-order valence-electron chi connectivity index (χ1n) is 8.35. The fourth-order valence-electron chi connectivity index (χ4n) is 3.07. The van der Waals surface area contributed by atoms with Crippen LogP contribution >= 0.6 is 0 Å². The van der Waals surface area contributed by atoms with Crippen LogP contribution in [-0.2, 0) is 21.9 Å². The summed E-state index contributed by atoms with van der Waals surface area (Å²) in [6.45, 7) is 2.91. The van der Waals surface area contributed by atoms with Gasteiger partial charge in [-0.2, -0.15) is 13.9 Å². The largest absolute Gasteiger partial charge is 0.467 e. The molecule has 0 aliphatic heterocycles. The molecule has 1 aliphatic rings. The maximum Gasteiger partial charge on any atom is 0.330 e. The van der Waals surface area contributed by atoms with Crippen molar-refractivity contribution in [2.45, 2.75) is 44.6 Å². The summed E-state index contributed by atoms with van der Waals surface area (Å²) < 4.78 is 34.9. The molecule has 0 atom stereocenters. The van der Waals surface area contributed by atoms with Crippen molar-refractivity contribution >= 4 is 11.9 Å². The minimum Gasteiger partial charge on any atom is -0.467 e. The van der Waals surface area contributed by atoms with Gasteiger partial charge in [-0.05, 0) is 26.7 Å². The Labute approximate surface area is 153 Å². The number of carbonyl (C=O) groups is 2. The lowest BCUT2D eigenvalue weighted by Gasteiger charge is -2.24. The van der Waals surface area contributed by atoms with Gasteiger partial charge in [-0.1, -0.05) is 0 Å². The number of methoxy groups -OCH3 is 1. The van der Waals surface area contributed by atoms with Crippen molar-refractivity contribution in [3.63, 3.8) is 0 Å². The van der Waals surface area contributed by atoms with E-state index in [1.54, 1.807) is 0 Å². The summed E-state index contributed by atoms with van der Waals surface area (Å²) in [7, 11) is 1.20. The van der Waals surface area contributed by atoms with E-state index in [-0.39, 0.29) is 42.0 Å². The number of fused-ring (bicyclic) bond motifs is 1. The summed E-state index contributed by atoms with van der Waals surface area (Å²) in [6, 6.07) is 0. The second-order valence-electron chi connectivity index (χ2n) is 6.78. The molecule has 0 radical (unpaired) electrons. The second kappa shape index (κ2) is 6.67. The average Bonchev–Trinajstić information content (AvgIpc) is 3.02. The number of esters is 1. The van der Waals surface area contributed by atoms with Gasteiger partial charge in [0.1, 0.15) is 11.2 Å². The lowest BCUT2D eigenvalue weighted by Crippen LogP contribution is -2.50. The number of alkyl halides is 2. The number of ether oxygens (including phenoxy) is 1. The topological polar surface area (TPSA) is 99.0 Å². The Hall–Kier alpha value is -2.91. The van der Waals surface area contributed by atoms with Crippen LogP contribution in [0.2, 0.25) is 0 Å². The van der Waals surface area contributed by atoms with Gasteiger partial charge in [0.25, 0.3) is 11.8 Å². The number of hydrogen-bond acceptors (Lipinski definition) is 6. The van der Waals surface area contributed by atoms with Crippen LogP contribution in [0.3, 0.4) is 0 Å². The van der Waals surface area contributed by atoms with Gasteiger partial charge in [0.05, 0.1) is 13.3 Å². The molecule has 2 heterocycles. The molecule has 0 unspecified atom stereocenters. The van der Waals surface area contributed by atoms with Crippen molar-refractivity contribution < 1.29 is 23.1 Å². The standard InChI is InChI=1S/C17H19F2N5O3/c1-16(2,15(26)27-3)22-14(25)12-10-5-4-6-17(18,19)13(10)24(23-12)11-9-20-7-8-21-11/h7-9H,4-6H2,1-3H3,(H,22,25). The molecule has 0 bridgehead atoms. The van der Waals surface area contributed by atoms with Crippen LogP contribution in [0.15, 0.2) is 18.6 Å². The van der Waals surface area contributed by atoms with Gasteiger partial charge in [0, 0.05) is 24.4 Å². The first-order valence-corrected chi connectivity index (χ1v) is 8.35. The van der Waals surface area contributed by atoms with E-state index in [0.717, 1.165) is 4.68 Å². The first-order chi connectivity index (χ1) is 12.7. The van der Waals surface area contributed by atoms with Crippen molar-refractivity contribution in [3.05, 3.63) is 35.5 Å². The maximum atomic E-state index is 14.6. The summed E-state index contributed by atoms with van der Waals surface area (Å²) in [5, 5.41) is 6.59. The molecule has 2 aromatic heterocycles.